The number of hydrogen-bond acceptors (Lipinski definition) is 4. The number of thiophene rings is 1. The molecule has 0 aliphatic carbocycles. The van der Waals surface area contributed by atoms with Crippen LogP contribution in [0.5, 0.6) is 0 Å². The third-order valence-electron chi connectivity index (χ3n) is 3.12. The Hall–Kier alpha value is -2.05. The van der Waals surface area contributed by atoms with Gasteiger partial charge in [-0.1, -0.05) is 30.3 Å². The van der Waals surface area contributed by atoms with Crippen molar-refractivity contribution >= 4 is 33.2 Å². The molecule has 1 N–H and O–H groups in total. The van der Waals surface area contributed by atoms with Gasteiger partial charge in [-0.15, -0.1) is 11.3 Å². The zero-order valence-corrected chi connectivity index (χ0v) is 13.9. The van der Waals surface area contributed by atoms with Crippen molar-refractivity contribution in [3.63, 3.8) is 0 Å². The van der Waals surface area contributed by atoms with Crippen molar-refractivity contribution in [1.82, 2.24) is 15.5 Å². The van der Waals surface area contributed by atoms with Crippen LogP contribution in [-0.2, 0) is 6.54 Å². The highest BCUT2D eigenvalue weighted by Crippen LogP contribution is 2.23. The van der Waals surface area contributed by atoms with Gasteiger partial charge in [0.25, 0.3) is 5.91 Å². The van der Waals surface area contributed by atoms with Gasteiger partial charge < -0.3 is 5.32 Å². The molecule has 3 aromatic rings. The topological polar surface area (TPSA) is 54.9 Å². The second kappa shape index (κ2) is 6.81. The third-order valence-corrected chi connectivity index (χ3v) is 4.93. The molecule has 22 heavy (non-hydrogen) atoms. The smallest absolute Gasteiger partial charge is 0.253 e. The Morgan fingerprint density at radius 1 is 1.23 bits per heavy atom. The van der Waals surface area contributed by atoms with Crippen molar-refractivity contribution in [2.45, 2.75) is 6.54 Å². The first-order valence-corrected chi connectivity index (χ1v) is 8.29. The van der Waals surface area contributed by atoms with Crippen molar-refractivity contribution in [1.29, 1.82) is 0 Å². The van der Waals surface area contributed by atoms with Crippen LogP contribution in [0.4, 0.5) is 0 Å². The average molecular weight is 374 g/mol. The van der Waals surface area contributed by atoms with Gasteiger partial charge >= 0.3 is 0 Å². The Morgan fingerprint density at radius 3 is 2.77 bits per heavy atom. The van der Waals surface area contributed by atoms with Crippen LogP contribution in [0.15, 0.2) is 57.8 Å². The van der Waals surface area contributed by atoms with Crippen LogP contribution in [0.3, 0.4) is 0 Å². The molecule has 6 heteroatoms. The molecule has 1 aromatic carbocycles. The lowest BCUT2D eigenvalue weighted by Gasteiger charge is -2.06. The molecular formula is C16H12BrN3OS. The summed E-state index contributed by atoms with van der Waals surface area (Å²) in [7, 11) is 0. The lowest BCUT2D eigenvalue weighted by atomic mass is 10.1. The van der Waals surface area contributed by atoms with E-state index in [1.807, 2.05) is 41.8 Å². The van der Waals surface area contributed by atoms with E-state index < -0.39 is 0 Å². The number of aromatic nitrogens is 2. The van der Waals surface area contributed by atoms with Crippen LogP contribution < -0.4 is 5.32 Å². The molecule has 0 saturated heterocycles. The average Bonchev–Trinajstić information content (AvgIpc) is 2.99. The summed E-state index contributed by atoms with van der Waals surface area (Å²) in [6.07, 6.45) is 1.48. The minimum absolute atomic E-state index is 0.162. The highest BCUT2D eigenvalue weighted by molar-refractivity contribution is 9.11. The Bertz CT molecular complexity index is 789. The summed E-state index contributed by atoms with van der Waals surface area (Å²) in [5.41, 5.74) is 3.18. The van der Waals surface area contributed by atoms with E-state index in [1.165, 1.54) is 6.20 Å². The van der Waals surface area contributed by atoms with Gasteiger partial charge in [0, 0.05) is 12.1 Å². The van der Waals surface area contributed by atoms with E-state index in [0.29, 0.717) is 17.8 Å². The number of halogens is 1. The molecular weight excluding hydrogens is 362 g/mol. The van der Waals surface area contributed by atoms with Gasteiger partial charge in [-0.05, 0) is 39.0 Å². The van der Waals surface area contributed by atoms with E-state index in [1.54, 1.807) is 17.4 Å². The summed E-state index contributed by atoms with van der Waals surface area (Å²) in [6, 6.07) is 13.4. The minimum atomic E-state index is -0.162. The molecule has 4 nitrogen and oxygen atoms in total. The molecule has 110 valence electrons. The van der Waals surface area contributed by atoms with E-state index in [4.69, 9.17) is 0 Å². The molecule has 2 heterocycles. The Kier molecular flexibility index (Phi) is 4.60. The highest BCUT2D eigenvalue weighted by Gasteiger charge is 2.10. The fourth-order valence-electron chi connectivity index (χ4n) is 1.96. The highest BCUT2D eigenvalue weighted by atomic mass is 79.9. The van der Waals surface area contributed by atoms with Gasteiger partial charge in [0.05, 0.1) is 21.2 Å². The van der Waals surface area contributed by atoms with E-state index in [-0.39, 0.29) is 5.91 Å². The predicted molar refractivity (Wildman–Crippen MR) is 90.7 cm³/mol. The first-order valence-electron chi connectivity index (χ1n) is 6.62. The van der Waals surface area contributed by atoms with Crippen molar-refractivity contribution in [3.8, 4) is 11.3 Å². The molecule has 0 spiro atoms. The molecule has 0 saturated carbocycles. The predicted octanol–water partition coefficient (Wildman–Crippen LogP) is 3.90. The summed E-state index contributed by atoms with van der Waals surface area (Å²) >= 11 is 5.05. The Labute approximate surface area is 140 Å². The maximum Gasteiger partial charge on any atom is 0.253 e. The zero-order chi connectivity index (χ0) is 15.4. The van der Waals surface area contributed by atoms with Gasteiger partial charge in [-0.3, -0.25) is 4.79 Å². The largest absolute Gasteiger partial charge is 0.348 e. The monoisotopic (exact) mass is 373 g/mol. The van der Waals surface area contributed by atoms with E-state index in [9.17, 15) is 4.79 Å². The zero-order valence-electron chi connectivity index (χ0n) is 11.5. The summed E-state index contributed by atoms with van der Waals surface area (Å²) in [6.45, 7) is 0.478. The summed E-state index contributed by atoms with van der Waals surface area (Å²) in [4.78, 5) is 12.2. The normalized spacial score (nSPS) is 10.4. The number of carbonyl (C=O) groups is 1. The quantitative estimate of drug-likeness (QED) is 0.754. The van der Waals surface area contributed by atoms with Crippen LogP contribution >= 0.6 is 27.3 Å². The van der Waals surface area contributed by atoms with Crippen LogP contribution in [0.1, 0.15) is 15.9 Å². The lowest BCUT2D eigenvalue weighted by molar-refractivity contribution is 0.0950. The van der Waals surface area contributed by atoms with Gasteiger partial charge in [0.15, 0.2) is 0 Å². The molecule has 0 atom stereocenters. The van der Waals surface area contributed by atoms with Crippen LogP contribution in [-0.4, -0.2) is 16.1 Å². The van der Waals surface area contributed by atoms with Crippen LogP contribution in [0.25, 0.3) is 11.3 Å². The minimum Gasteiger partial charge on any atom is -0.348 e. The Balaban J connectivity index is 1.74. The number of rotatable bonds is 4. The molecule has 0 bridgehead atoms. The SMILES string of the molecule is O=C(NCc1ccsc1Br)c1cnnc(-c2ccccc2)c1. The second-order valence-electron chi connectivity index (χ2n) is 4.60. The molecule has 0 aliphatic heterocycles. The van der Waals surface area contributed by atoms with Gasteiger partial charge in [-0.2, -0.15) is 10.2 Å². The molecule has 0 fully saturated rings. The van der Waals surface area contributed by atoms with Crippen molar-refractivity contribution in [2.24, 2.45) is 0 Å². The number of nitrogens with zero attached hydrogens (tertiary/aromatic N) is 2. The number of benzene rings is 1. The molecule has 0 aliphatic rings. The summed E-state index contributed by atoms with van der Waals surface area (Å²) in [5.74, 6) is -0.162. The Morgan fingerprint density at radius 2 is 2.05 bits per heavy atom. The van der Waals surface area contributed by atoms with Crippen molar-refractivity contribution < 1.29 is 4.79 Å². The number of hydrogen-bond donors (Lipinski definition) is 1. The van der Waals surface area contributed by atoms with Crippen LogP contribution in [0, 0.1) is 0 Å². The summed E-state index contributed by atoms with van der Waals surface area (Å²) < 4.78 is 1.03. The molecule has 3 rings (SSSR count). The summed E-state index contributed by atoms with van der Waals surface area (Å²) in [5, 5.41) is 12.9. The molecule has 0 radical (unpaired) electrons. The van der Waals surface area contributed by atoms with Crippen LogP contribution in [0.2, 0.25) is 0 Å². The maximum atomic E-state index is 12.2. The first kappa shape index (κ1) is 14.9. The number of nitrogens with one attached hydrogen (secondary N) is 1. The fourth-order valence-corrected chi connectivity index (χ4v) is 3.20. The van der Waals surface area contributed by atoms with E-state index in [2.05, 4.69) is 31.4 Å². The third kappa shape index (κ3) is 3.40. The number of carbonyl (C=O) groups excluding carboxylic acids is 1. The standard InChI is InChI=1S/C16H12BrN3OS/c17-15-12(6-7-22-15)9-18-16(21)13-8-14(20-19-10-13)11-4-2-1-3-5-11/h1-8,10H,9H2,(H,18,21). The fraction of sp³-hybridized carbons (Fsp3) is 0.0625. The molecule has 0 unspecified atom stereocenters. The van der Waals surface area contributed by atoms with E-state index in [0.717, 1.165) is 14.9 Å². The van der Waals surface area contributed by atoms with Gasteiger partial charge in [-0.25, -0.2) is 0 Å². The molecule has 1 amide bonds. The van der Waals surface area contributed by atoms with Crippen molar-refractivity contribution in [2.75, 3.05) is 0 Å². The van der Waals surface area contributed by atoms with E-state index >= 15 is 0 Å². The first-order chi connectivity index (χ1) is 10.7. The second-order valence-corrected chi connectivity index (χ2v) is 6.83. The lowest BCUT2D eigenvalue weighted by Crippen LogP contribution is -2.23. The van der Waals surface area contributed by atoms with Gasteiger partial charge in [0.1, 0.15) is 0 Å². The maximum absolute atomic E-state index is 12.2. The van der Waals surface area contributed by atoms with Crippen molar-refractivity contribution in [3.05, 3.63) is 69.0 Å². The molecule has 2 aromatic heterocycles. The van der Waals surface area contributed by atoms with Gasteiger partial charge in [0.2, 0.25) is 0 Å². The number of amides is 1.